The molecule has 0 aliphatic rings. The van der Waals surface area contributed by atoms with E-state index in [0.717, 1.165) is 6.54 Å². The van der Waals surface area contributed by atoms with Crippen molar-refractivity contribution < 1.29 is 9.18 Å². The van der Waals surface area contributed by atoms with Gasteiger partial charge in [-0.05, 0) is 18.7 Å². The van der Waals surface area contributed by atoms with E-state index in [1.165, 1.54) is 6.07 Å². The summed E-state index contributed by atoms with van der Waals surface area (Å²) in [5.41, 5.74) is 6.37. The van der Waals surface area contributed by atoms with Gasteiger partial charge in [-0.3, -0.25) is 4.79 Å². The lowest BCUT2D eigenvalue weighted by molar-refractivity contribution is -0.116. The van der Waals surface area contributed by atoms with Gasteiger partial charge >= 0.3 is 0 Å². The molecule has 1 aromatic carbocycles. The van der Waals surface area contributed by atoms with Crippen LogP contribution in [0, 0.1) is 5.82 Å². The zero-order valence-electron chi connectivity index (χ0n) is 10.2. The van der Waals surface area contributed by atoms with Gasteiger partial charge in [0.15, 0.2) is 0 Å². The van der Waals surface area contributed by atoms with Crippen LogP contribution in [0.15, 0.2) is 18.2 Å². The van der Waals surface area contributed by atoms with Crippen molar-refractivity contribution in [1.29, 1.82) is 0 Å². The van der Waals surface area contributed by atoms with E-state index >= 15 is 0 Å². The summed E-state index contributed by atoms with van der Waals surface area (Å²) in [6, 6.07) is 4.81. The Kier molecular flexibility index (Phi) is 4.90. The maximum absolute atomic E-state index is 13.7. The highest BCUT2D eigenvalue weighted by Gasteiger charge is 2.12. The minimum absolute atomic E-state index is 0.0720. The third-order valence-electron chi connectivity index (χ3n) is 2.45. The summed E-state index contributed by atoms with van der Waals surface area (Å²) in [5, 5.41) is 3.07. The van der Waals surface area contributed by atoms with Crippen LogP contribution in [0.3, 0.4) is 0 Å². The number of halogens is 1. The summed E-state index contributed by atoms with van der Waals surface area (Å²) in [4.78, 5) is 12.5. The van der Waals surface area contributed by atoms with Gasteiger partial charge in [0.25, 0.3) is 0 Å². The molecule has 0 radical (unpaired) electrons. The molecule has 5 heteroatoms. The molecule has 3 N–H and O–H groups in total. The highest BCUT2D eigenvalue weighted by molar-refractivity contribution is 5.79. The summed E-state index contributed by atoms with van der Waals surface area (Å²) < 4.78 is 13.7. The summed E-state index contributed by atoms with van der Waals surface area (Å²) in [5.74, 6) is -0.717. The second kappa shape index (κ2) is 6.20. The number of hydrogen-bond acceptors (Lipinski definition) is 3. The van der Waals surface area contributed by atoms with E-state index in [0.29, 0.717) is 17.8 Å². The number of hydrogen-bond donors (Lipinski definition) is 2. The van der Waals surface area contributed by atoms with Gasteiger partial charge in [-0.25, -0.2) is 4.39 Å². The summed E-state index contributed by atoms with van der Waals surface area (Å²) in [6.45, 7) is 3.21. The van der Waals surface area contributed by atoms with Gasteiger partial charge < -0.3 is 16.0 Å². The van der Waals surface area contributed by atoms with Crippen LogP contribution in [0.1, 0.15) is 12.5 Å². The van der Waals surface area contributed by atoms with Crippen molar-refractivity contribution in [2.75, 3.05) is 25.0 Å². The number of nitrogens with two attached hydrogens (primary N) is 1. The molecule has 0 unspecified atom stereocenters. The Morgan fingerprint density at radius 3 is 2.82 bits per heavy atom. The lowest BCUT2D eigenvalue weighted by atomic mass is 10.1. The molecule has 0 saturated heterocycles. The number of carbonyl (C=O) groups is 1. The molecule has 0 bridgehead atoms. The molecule has 0 heterocycles. The highest BCUT2D eigenvalue weighted by atomic mass is 19.1. The van der Waals surface area contributed by atoms with E-state index in [4.69, 9.17) is 5.73 Å². The molecule has 17 heavy (non-hydrogen) atoms. The first-order chi connectivity index (χ1) is 8.06. The molecular weight excluding hydrogens is 221 g/mol. The molecule has 0 saturated carbocycles. The minimum atomic E-state index is -0.439. The molecule has 0 aliphatic carbocycles. The summed E-state index contributed by atoms with van der Waals surface area (Å²) in [7, 11) is 1.72. The number of primary amides is 1. The molecule has 1 aromatic rings. The van der Waals surface area contributed by atoms with E-state index in [1.54, 1.807) is 24.1 Å². The molecule has 0 aromatic heterocycles. The van der Waals surface area contributed by atoms with Gasteiger partial charge in [-0.1, -0.05) is 13.0 Å². The van der Waals surface area contributed by atoms with Crippen LogP contribution in [0.5, 0.6) is 0 Å². The first-order valence-electron chi connectivity index (χ1n) is 5.53. The molecule has 0 aliphatic heterocycles. The van der Waals surface area contributed by atoms with Crippen molar-refractivity contribution in [2.45, 2.75) is 13.5 Å². The Hall–Kier alpha value is -1.62. The number of nitrogens with one attached hydrogen (secondary N) is 1. The quantitative estimate of drug-likeness (QED) is 0.774. The standard InChI is InChI=1S/C12H18FN3O/c1-3-15-7-9-10(13)5-4-6-11(9)16(2)8-12(14)17/h4-6,15H,3,7-8H2,1-2H3,(H2,14,17). The normalized spacial score (nSPS) is 10.3. The van der Waals surface area contributed by atoms with Crippen LogP contribution in [-0.4, -0.2) is 26.0 Å². The summed E-state index contributed by atoms with van der Waals surface area (Å²) >= 11 is 0. The van der Waals surface area contributed by atoms with Crippen LogP contribution in [0.2, 0.25) is 0 Å². The monoisotopic (exact) mass is 239 g/mol. The van der Waals surface area contributed by atoms with Gasteiger partial charge in [0.2, 0.25) is 5.91 Å². The summed E-state index contributed by atoms with van der Waals surface area (Å²) in [6.07, 6.45) is 0. The second-order valence-electron chi connectivity index (χ2n) is 3.84. The zero-order valence-corrected chi connectivity index (χ0v) is 10.2. The van der Waals surface area contributed by atoms with Gasteiger partial charge in [-0.15, -0.1) is 0 Å². The SMILES string of the molecule is CCNCc1c(F)cccc1N(C)CC(N)=O. The van der Waals surface area contributed by atoms with Crippen LogP contribution >= 0.6 is 0 Å². The van der Waals surface area contributed by atoms with Crippen molar-refractivity contribution >= 4 is 11.6 Å². The van der Waals surface area contributed by atoms with Gasteiger partial charge in [0.1, 0.15) is 5.82 Å². The Morgan fingerprint density at radius 1 is 1.53 bits per heavy atom. The third-order valence-corrected chi connectivity index (χ3v) is 2.45. The average Bonchev–Trinajstić information content (AvgIpc) is 2.26. The van der Waals surface area contributed by atoms with Crippen molar-refractivity contribution in [3.63, 3.8) is 0 Å². The third kappa shape index (κ3) is 3.71. The number of amides is 1. The largest absolute Gasteiger partial charge is 0.368 e. The minimum Gasteiger partial charge on any atom is -0.368 e. The predicted octanol–water partition coefficient (Wildman–Crippen LogP) is 0.857. The topological polar surface area (TPSA) is 58.4 Å². The smallest absolute Gasteiger partial charge is 0.236 e. The number of anilines is 1. The number of rotatable bonds is 6. The van der Waals surface area contributed by atoms with E-state index in [1.807, 2.05) is 6.92 Å². The molecule has 94 valence electrons. The van der Waals surface area contributed by atoms with Crippen LogP contribution < -0.4 is 16.0 Å². The van der Waals surface area contributed by atoms with E-state index in [9.17, 15) is 9.18 Å². The molecule has 0 spiro atoms. The number of carbonyl (C=O) groups excluding carboxylic acids is 1. The average molecular weight is 239 g/mol. The van der Waals surface area contributed by atoms with Crippen molar-refractivity contribution in [1.82, 2.24) is 5.32 Å². The lowest BCUT2D eigenvalue weighted by Gasteiger charge is -2.21. The molecule has 1 amide bonds. The van der Waals surface area contributed by atoms with E-state index in [-0.39, 0.29) is 12.4 Å². The van der Waals surface area contributed by atoms with Crippen molar-refractivity contribution in [3.8, 4) is 0 Å². The van der Waals surface area contributed by atoms with Crippen LogP contribution in [0.25, 0.3) is 0 Å². The van der Waals surface area contributed by atoms with Crippen molar-refractivity contribution in [3.05, 3.63) is 29.6 Å². The Balaban J connectivity index is 2.96. The molecule has 4 nitrogen and oxygen atoms in total. The van der Waals surface area contributed by atoms with Crippen molar-refractivity contribution in [2.24, 2.45) is 5.73 Å². The van der Waals surface area contributed by atoms with Gasteiger partial charge in [0.05, 0.1) is 6.54 Å². The predicted molar refractivity (Wildman–Crippen MR) is 66.2 cm³/mol. The Morgan fingerprint density at radius 2 is 2.24 bits per heavy atom. The number of nitrogens with zero attached hydrogens (tertiary/aromatic N) is 1. The fourth-order valence-corrected chi connectivity index (χ4v) is 1.65. The van der Waals surface area contributed by atoms with Gasteiger partial charge in [-0.2, -0.15) is 0 Å². The fourth-order valence-electron chi connectivity index (χ4n) is 1.65. The first kappa shape index (κ1) is 13.4. The zero-order chi connectivity index (χ0) is 12.8. The van der Waals surface area contributed by atoms with E-state index < -0.39 is 5.91 Å². The molecule has 1 rings (SSSR count). The maximum atomic E-state index is 13.7. The Bertz CT molecular complexity index is 395. The molecule has 0 atom stereocenters. The first-order valence-corrected chi connectivity index (χ1v) is 5.53. The number of benzene rings is 1. The second-order valence-corrected chi connectivity index (χ2v) is 3.84. The molecule has 0 fully saturated rings. The van der Waals surface area contributed by atoms with Crippen LogP contribution in [-0.2, 0) is 11.3 Å². The molecular formula is C12H18FN3O. The van der Waals surface area contributed by atoms with Gasteiger partial charge in [0, 0.05) is 24.8 Å². The Labute approximate surface area is 101 Å². The maximum Gasteiger partial charge on any atom is 0.236 e. The van der Waals surface area contributed by atoms with Crippen LogP contribution in [0.4, 0.5) is 10.1 Å². The fraction of sp³-hybridized carbons (Fsp3) is 0.417. The lowest BCUT2D eigenvalue weighted by Crippen LogP contribution is -2.31. The van der Waals surface area contributed by atoms with E-state index in [2.05, 4.69) is 5.32 Å². The highest BCUT2D eigenvalue weighted by Crippen LogP contribution is 2.21. The number of likely N-dealkylation sites (N-methyl/N-ethyl adjacent to an activating group) is 1.